The minimum atomic E-state index is -1.01. The summed E-state index contributed by atoms with van der Waals surface area (Å²) in [7, 11) is 0. The summed E-state index contributed by atoms with van der Waals surface area (Å²) in [4.78, 5) is 26.5. The molecule has 1 N–H and O–H groups in total. The monoisotopic (exact) mass is 308 g/mol. The Bertz CT molecular complexity index is 767. The third-order valence-corrected chi connectivity index (χ3v) is 4.49. The highest BCUT2D eigenvalue weighted by molar-refractivity contribution is 6.07. The summed E-state index contributed by atoms with van der Waals surface area (Å²) in [5.74, 6) is -0.213. The van der Waals surface area contributed by atoms with Gasteiger partial charge in [0, 0.05) is 0 Å². The summed E-state index contributed by atoms with van der Waals surface area (Å²) in [6.45, 7) is 6.02. The normalized spacial score (nSPS) is 20.7. The first-order valence-corrected chi connectivity index (χ1v) is 7.67. The van der Waals surface area contributed by atoms with Gasteiger partial charge < -0.3 is 5.32 Å². The van der Waals surface area contributed by atoms with Crippen LogP contribution < -0.4 is 5.32 Å². The second-order valence-corrected chi connectivity index (χ2v) is 6.24. The number of urea groups is 1. The molecule has 0 aliphatic carbocycles. The zero-order valence-electron chi connectivity index (χ0n) is 13.6. The molecular weight excluding hydrogens is 288 g/mol. The van der Waals surface area contributed by atoms with Crippen LogP contribution in [0.15, 0.2) is 48.5 Å². The van der Waals surface area contributed by atoms with E-state index in [9.17, 15) is 9.59 Å². The lowest BCUT2D eigenvalue weighted by Gasteiger charge is -2.22. The number of nitrogens with one attached hydrogen (secondary N) is 1. The van der Waals surface area contributed by atoms with Crippen molar-refractivity contribution >= 4 is 11.9 Å². The molecule has 4 nitrogen and oxygen atoms in total. The van der Waals surface area contributed by atoms with Crippen LogP contribution in [0.5, 0.6) is 0 Å². The van der Waals surface area contributed by atoms with Crippen molar-refractivity contribution < 1.29 is 9.59 Å². The Morgan fingerprint density at radius 1 is 1.00 bits per heavy atom. The van der Waals surface area contributed by atoms with Crippen LogP contribution in [0.1, 0.15) is 29.2 Å². The first-order valence-electron chi connectivity index (χ1n) is 7.67. The van der Waals surface area contributed by atoms with Gasteiger partial charge in [0.2, 0.25) is 0 Å². The van der Waals surface area contributed by atoms with Gasteiger partial charge in [-0.3, -0.25) is 9.69 Å². The van der Waals surface area contributed by atoms with Crippen LogP contribution in [0.25, 0.3) is 0 Å². The Kier molecular flexibility index (Phi) is 3.68. The number of hydrogen-bond acceptors (Lipinski definition) is 2. The average molecular weight is 308 g/mol. The SMILES string of the molecule is Cc1ccc(C2(C)NC(=O)N(Cc3ccccc3C)C2=O)cc1. The molecule has 1 atom stereocenters. The fourth-order valence-electron chi connectivity index (χ4n) is 2.88. The van der Waals surface area contributed by atoms with Gasteiger partial charge in [-0.15, -0.1) is 0 Å². The molecule has 0 bridgehead atoms. The molecule has 1 fully saturated rings. The van der Waals surface area contributed by atoms with E-state index in [-0.39, 0.29) is 11.9 Å². The van der Waals surface area contributed by atoms with Gasteiger partial charge in [-0.05, 0) is 37.5 Å². The predicted molar refractivity (Wildman–Crippen MR) is 88.8 cm³/mol. The van der Waals surface area contributed by atoms with Crippen molar-refractivity contribution in [2.24, 2.45) is 0 Å². The topological polar surface area (TPSA) is 49.4 Å². The van der Waals surface area contributed by atoms with Crippen LogP contribution >= 0.6 is 0 Å². The first-order chi connectivity index (χ1) is 10.9. The smallest absolute Gasteiger partial charge is 0.319 e. The van der Waals surface area contributed by atoms with E-state index >= 15 is 0 Å². The van der Waals surface area contributed by atoms with E-state index in [1.54, 1.807) is 6.92 Å². The highest BCUT2D eigenvalue weighted by Crippen LogP contribution is 2.30. The molecule has 1 aliphatic rings. The maximum Gasteiger partial charge on any atom is 0.325 e. The maximum absolute atomic E-state index is 12.9. The van der Waals surface area contributed by atoms with Gasteiger partial charge in [0.1, 0.15) is 5.54 Å². The fraction of sp³-hybridized carbons (Fsp3) is 0.263. The first kappa shape index (κ1) is 15.3. The maximum atomic E-state index is 12.9. The van der Waals surface area contributed by atoms with E-state index in [0.29, 0.717) is 6.54 Å². The molecule has 118 valence electrons. The average Bonchev–Trinajstić information content (AvgIpc) is 2.74. The van der Waals surface area contributed by atoms with Gasteiger partial charge >= 0.3 is 6.03 Å². The second kappa shape index (κ2) is 5.54. The molecule has 1 heterocycles. The highest BCUT2D eigenvalue weighted by Gasteiger charge is 2.48. The lowest BCUT2D eigenvalue weighted by atomic mass is 9.91. The Morgan fingerprint density at radius 2 is 1.65 bits per heavy atom. The summed E-state index contributed by atoms with van der Waals surface area (Å²) in [6.07, 6.45) is 0. The standard InChI is InChI=1S/C19H20N2O2/c1-13-8-10-16(11-9-13)19(3)17(22)21(18(23)20-19)12-15-7-5-4-6-14(15)2/h4-11H,12H2,1-3H3,(H,20,23). The molecule has 1 saturated heterocycles. The van der Waals surface area contributed by atoms with E-state index in [1.165, 1.54) is 4.90 Å². The van der Waals surface area contributed by atoms with Crippen molar-refractivity contribution in [1.29, 1.82) is 0 Å². The number of nitrogens with zero attached hydrogens (tertiary/aromatic N) is 1. The van der Waals surface area contributed by atoms with Crippen LogP contribution in [-0.2, 0) is 16.9 Å². The lowest BCUT2D eigenvalue weighted by Crippen LogP contribution is -2.40. The molecule has 4 heteroatoms. The lowest BCUT2D eigenvalue weighted by molar-refractivity contribution is -0.131. The van der Waals surface area contributed by atoms with Crippen molar-refractivity contribution in [1.82, 2.24) is 10.2 Å². The highest BCUT2D eigenvalue weighted by atomic mass is 16.2. The summed E-state index contributed by atoms with van der Waals surface area (Å²) in [5, 5.41) is 2.84. The quantitative estimate of drug-likeness (QED) is 0.885. The van der Waals surface area contributed by atoms with Crippen molar-refractivity contribution in [3.63, 3.8) is 0 Å². The van der Waals surface area contributed by atoms with Crippen molar-refractivity contribution in [3.05, 3.63) is 70.8 Å². The minimum Gasteiger partial charge on any atom is -0.319 e. The van der Waals surface area contributed by atoms with Crippen molar-refractivity contribution in [2.75, 3.05) is 0 Å². The molecule has 2 aromatic carbocycles. The van der Waals surface area contributed by atoms with Crippen LogP contribution in [0, 0.1) is 13.8 Å². The second-order valence-electron chi connectivity index (χ2n) is 6.24. The number of amides is 3. The van der Waals surface area contributed by atoms with Gasteiger partial charge in [0.15, 0.2) is 0 Å². The minimum absolute atomic E-state index is 0.213. The van der Waals surface area contributed by atoms with E-state index in [2.05, 4.69) is 5.32 Å². The number of carbonyl (C=O) groups is 2. The number of hydrogen-bond donors (Lipinski definition) is 1. The van der Waals surface area contributed by atoms with Gasteiger partial charge in [-0.2, -0.15) is 0 Å². The summed E-state index contributed by atoms with van der Waals surface area (Å²) < 4.78 is 0. The van der Waals surface area contributed by atoms with Crippen LogP contribution in [0.2, 0.25) is 0 Å². The van der Waals surface area contributed by atoms with Gasteiger partial charge in [0.05, 0.1) is 6.54 Å². The molecule has 1 aliphatic heterocycles. The number of benzene rings is 2. The largest absolute Gasteiger partial charge is 0.325 e. The molecule has 23 heavy (non-hydrogen) atoms. The third kappa shape index (κ3) is 2.61. The predicted octanol–water partition coefficient (Wildman–Crippen LogP) is 3.27. The van der Waals surface area contributed by atoms with Crippen LogP contribution in [-0.4, -0.2) is 16.8 Å². The molecule has 2 aromatic rings. The molecule has 1 unspecified atom stereocenters. The zero-order valence-corrected chi connectivity index (χ0v) is 13.6. The third-order valence-electron chi connectivity index (χ3n) is 4.49. The van der Waals surface area contributed by atoms with Gasteiger partial charge in [0.25, 0.3) is 5.91 Å². The Labute approximate surface area is 136 Å². The summed E-state index contributed by atoms with van der Waals surface area (Å²) in [6, 6.07) is 15.1. The number of aryl methyl sites for hydroxylation is 2. The molecule has 0 aromatic heterocycles. The molecule has 3 rings (SSSR count). The Hall–Kier alpha value is -2.62. The van der Waals surface area contributed by atoms with E-state index in [0.717, 1.165) is 22.3 Å². The van der Waals surface area contributed by atoms with Crippen molar-refractivity contribution in [3.8, 4) is 0 Å². The number of rotatable bonds is 3. The van der Waals surface area contributed by atoms with Crippen LogP contribution in [0.3, 0.4) is 0 Å². The summed E-state index contributed by atoms with van der Waals surface area (Å²) in [5.41, 5.74) is 2.95. The number of imide groups is 1. The van der Waals surface area contributed by atoms with E-state index in [4.69, 9.17) is 0 Å². The molecule has 0 radical (unpaired) electrons. The Morgan fingerprint density at radius 3 is 2.30 bits per heavy atom. The molecular formula is C19H20N2O2. The zero-order chi connectivity index (χ0) is 16.6. The van der Waals surface area contributed by atoms with Gasteiger partial charge in [-0.1, -0.05) is 54.1 Å². The van der Waals surface area contributed by atoms with Crippen LogP contribution in [0.4, 0.5) is 4.79 Å². The van der Waals surface area contributed by atoms with E-state index in [1.807, 2.05) is 62.4 Å². The number of carbonyl (C=O) groups excluding carboxylic acids is 2. The van der Waals surface area contributed by atoms with Gasteiger partial charge in [-0.25, -0.2) is 4.79 Å². The van der Waals surface area contributed by atoms with Crippen molar-refractivity contribution in [2.45, 2.75) is 32.9 Å². The summed E-state index contributed by atoms with van der Waals surface area (Å²) >= 11 is 0. The molecule has 0 saturated carbocycles. The Balaban J connectivity index is 1.90. The van der Waals surface area contributed by atoms with E-state index < -0.39 is 5.54 Å². The molecule has 0 spiro atoms. The fourth-order valence-corrected chi connectivity index (χ4v) is 2.88. The molecule has 3 amide bonds.